The number of aryl methyl sites for hydroxylation is 1. The van der Waals surface area contributed by atoms with Crippen molar-refractivity contribution in [1.29, 1.82) is 0 Å². The summed E-state index contributed by atoms with van der Waals surface area (Å²) in [4.78, 5) is 29.4. The topological polar surface area (TPSA) is 59.1 Å². The number of rotatable bonds is 5. The molecule has 0 bridgehead atoms. The molecule has 0 saturated carbocycles. The van der Waals surface area contributed by atoms with Gasteiger partial charge in [-0.1, -0.05) is 63.7 Å². The maximum Gasteiger partial charge on any atom is 0.257 e. The van der Waals surface area contributed by atoms with E-state index in [0.29, 0.717) is 21.3 Å². The van der Waals surface area contributed by atoms with Crippen molar-refractivity contribution in [3.63, 3.8) is 0 Å². The molecule has 0 aliphatic carbocycles. The quantitative estimate of drug-likeness (QED) is 0.441. The normalized spacial score (nSPS) is 10.8. The number of nitrogens with one attached hydrogen (secondary N) is 1. The fraction of sp³-hybridized carbons (Fsp3) is 0.0500. The number of hydrogen-bond donors (Lipinski definition) is 1. The van der Waals surface area contributed by atoms with Crippen molar-refractivity contribution in [2.45, 2.75) is 6.92 Å². The van der Waals surface area contributed by atoms with E-state index in [-0.39, 0.29) is 11.7 Å². The van der Waals surface area contributed by atoms with Crippen LogP contribution in [0.2, 0.25) is 0 Å². The predicted molar refractivity (Wildman–Crippen MR) is 109 cm³/mol. The maximum atomic E-state index is 12.4. The summed E-state index contributed by atoms with van der Waals surface area (Å²) in [5.41, 5.74) is 2.08. The van der Waals surface area contributed by atoms with E-state index in [1.807, 2.05) is 30.3 Å². The number of allylic oxidation sites excluding steroid dienone is 1. The van der Waals surface area contributed by atoms with Gasteiger partial charge in [0.2, 0.25) is 0 Å². The molecular weight excluding hydrogens is 412 g/mol. The van der Waals surface area contributed by atoms with Crippen LogP contribution >= 0.6 is 27.3 Å². The smallest absolute Gasteiger partial charge is 0.257 e. The lowest BCUT2D eigenvalue weighted by Crippen LogP contribution is -2.11. The van der Waals surface area contributed by atoms with Gasteiger partial charge in [-0.25, -0.2) is 4.98 Å². The fourth-order valence-corrected chi connectivity index (χ4v) is 3.40. The van der Waals surface area contributed by atoms with Gasteiger partial charge in [-0.3, -0.25) is 14.9 Å². The van der Waals surface area contributed by atoms with Gasteiger partial charge in [0.05, 0.1) is 10.6 Å². The molecule has 6 heteroatoms. The van der Waals surface area contributed by atoms with E-state index in [1.54, 1.807) is 37.3 Å². The van der Waals surface area contributed by atoms with Gasteiger partial charge in [0.15, 0.2) is 10.9 Å². The van der Waals surface area contributed by atoms with Gasteiger partial charge >= 0.3 is 0 Å². The lowest BCUT2D eigenvalue weighted by atomic mass is 10.2. The van der Waals surface area contributed by atoms with Gasteiger partial charge in [0, 0.05) is 10.0 Å². The number of carbonyl (C=O) groups excluding carboxylic acids is 2. The second kappa shape index (κ2) is 8.21. The molecule has 3 aromatic rings. The van der Waals surface area contributed by atoms with Gasteiger partial charge in [0.25, 0.3) is 5.91 Å². The van der Waals surface area contributed by atoms with Crippen LogP contribution in [0.4, 0.5) is 5.13 Å². The van der Waals surface area contributed by atoms with Crippen molar-refractivity contribution in [3.8, 4) is 0 Å². The van der Waals surface area contributed by atoms with Gasteiger partial charge in [0.1, 0.15) is 0 Å². The Balaban J connectivity index is 1.72. The Morgan fingerprint density at radius 3 is 2.46 bits per heavy atom. The molecule has 0 aliphatic heterocycles. The summed E-state index contributed by atoms with van der Waals surface area (Å²) in [5.74, 6) is -0.383. The molecule has 2 aromatic carbocycles. The number of carbonyl (C=O) groups is 2. The van der Waals surface area contributed by atoms with Crippen molar-refractivity contribution in [2.75, 3.05) is 5.32 Å². The first-order valence-electron chi connectivity index (χ1n) is 7.85. The van der Waals surface area contributed by atoms with E-state index in [1.165, 1.54) is 17.4 Å². The average molecular weight is 427 g/mol. The minimum absolute atomic E-state index is 0.136. The zero-order chi connectivity index (χ0) is 18.5. The van der Waals surface area contributed by atoms with Crippen molar-refractivity contribution in [1.82, 2.24) is 4.98 Å². The van der Waals surface area contributed by atoms with Crippen molar-refractivity contribution in [3.05, 3.63) is 86.8 Å². The molecule has 4 nitrogen and oxygen atoms in total. The highest BCUT2D eigenvalue weighted by molar-refractivity contribution is 9.10. The summed E-state index contributed by atoms with van der Waals surface area (Å²) in [7, 11) is 0. The van der Waals surface area contributed by atoms with Crippen LogP contribution in [-0.4, -0.2) is 16.7 Å². The number of anilines is 1. The number of nitrogens with zero attached hydrogens (tertiary/aromatic N) is 1. The molecule has 0 saturated heterocycles. The number of benzene rings is 2. The van der Waals surface area contributed by atoms with Crippen LogP contribution in [0.15, 0.2) is 65.1 Å². The Hall–Kier alpha value is -2.57. The first-order chi connectivity index (χ1) is 12.5. The third kappa shape index (κ3) is 4.53. The molecular formula is C20H15BrN2O2S. The largest absolute Gasteiger partial charge is 0.298 e. The molecule has 0 atom stereocenters. The Labute approximate surface area is 163 Å². The first kappa shape index (κ1) is 18.2. The average Bonchev–Trinajstić information content (AvgIpc) is 3.02. The molecule has 3 rings (SSSR count). The van der Waals surface area contributed by atoms with Crippen LogP contribution in [-0.2, 0) is 0 Å². The summed E-state index contributed by atoms with van der Waals surface area (Å²) in [6.45, 7) is 1.76. The number of amides is 1. The Bertz CT molecular complexity index is 963. The summed E-state index contributed by atoms with van der Waals surface area (Å²) < 4.78 is 0.984. The second-order valence-electron chi connectivity index (χ2n) is 5.50. The van der Waals surface area contributed by atoms with Crippen LogP contribution in [0.1, 0.15) is 31.3 Å². The SMILES string of the molecule is Cc1nc(NC(=O)c2ccccc2)sc1C(=O)/C=C/c1ccc(Br)cc1. The molecule has 0 unspecified atom stereocenters. The molecule has 1 heterocycles. The van der Waals surface area contributed by atoms with Crippen molar-refractivity contribution in [2.24, 2.45) is 0 Å². The summed E-state index contributed by atoms with van der Waals surface area (Å²) in [6.07, 6.45) is 3.28. The Kier molecular flexibility index (Phi) is 5.75. The van der Waals surface area contributed by atoms with Crippen LogP contribution in [0, 0.1) is 6.92 Å². The van der Waals surface area contributed by atoms with Crippen LogP contribution in [0.5, 0.6) is 0 Å². The first-order valence-corrected chi connectivity index (χ1v) is 9.45. The number of halogens is 1. The molecule has 0 spiro atoms. The fourth-order valence-electron chi connectivity index (χ4n) is 2.26. The zero-order valence-electron chi connectivity index (χ0n) is 13.9. The van der Waals surface area contributed by atoms with E-state index in [2.05, 4.69) is 26.2 Å². The number of hydrogen-bond acceptors (Lipinski definition) is 4. The molecule has 1 aromatic heterocycles. The minimum Gasteiger partial charge on any atom is -0.298 e. The van der Waals surface area contributed by atoms with Gasteiger partial charge in [-0.05, 0) is 42.8 Å². The van der Waals surface area contributed by atoms with E-state index >= 15 is 0 Å². The predicted octanol–water partition coefficient (Wildman–Crippen LogP) is 5.36. The number of aromatic nitrogens is 1. The van der Waals surface area contributed by atoms with Crippen molar-refractivity contribution >= 4 is 50.2 Å². The number of ketones is 1. The van der Waals surface area contributed by atoms with Gasteiger partial charge < -0.3 is 0 Å². The maximum absolute atomic E-state index is 12.4. The zero-order valence-corrected chi connectivity index (χ0v) is 16.3. The summed E-state index contributed by atoms with van der Waals surface area (Å²) >= 11 is 4.56. The highest BCUT2D eigenvalue weighted by atomic mass is 79.9. The van der Waals surface area contributed by atoms with Gasteiger partial charge in [-0.15, -0.1) is 0 Å². The van der Waals surface area contributed by atoms with Crippen molar-refractivity contribution < 1.29 is 9.59 Å². The van der Waals surface area contributed by atoms with E-state index in [4.69, 9.17) is 0 Å². The number of thiazole rings is 1. The standard InChI is InChI=1S/C20H15BrN2O2S/c1-13-18(17(24)12-9-14-7-10-16(21)11-8-14)26-20(22-13)23-19(25)15-5-3-2-4-6-15/h2-12H,1H3,(H,22,23,25)/b12-9+. The lowest BCUT2D eigenvalue weighted by molar-refractivity contribution is 0.102. The second-order valence-corrected chi connectivity index (χ2v) is 7.42. The summed E-state index contributed by atoms with van der Waals surface area (Å²) in [5, 5.41) is 3.15. The molecule has 1 N–H and O–H groups in total. The lowest BCUT2D eigenvalue weighted by Gasteiger charge is -2.00. The van der Waals surface area contributed by atoms with E-state index in [0.717, 1.165) is 10.0 Å². The van der Waals surface area contributed by atoms with Crippen LogP contribution in [0.25, 0.3) is 6.08 Å². The molecule has 26 heavy (non-hydrogen) atoms. The van der Waals surface area contributed by atoms with Crippen LogP contribution < -0.4 is 5.32 Å². The minimum atomic E-state index is -0.247. The third-order valence-corrected chi connectivity index (χ3v) is 5.19. The highest BCUT2D eigenvalue weighted by Gasteiger charge is 2.15. The molecule has 0 fully saturated rings. The third-order valence-electron chi connectivity index (χ3n) is 3.57. The molecule has 1 amide bonds. The molecule has 0 radical (unpaired) electrons. The molecule has 0 aliphatic rings. The Morgan fingerprint density at radius 2 is 1.77 bits per heavy atom. The van der Waals surface area contributed by atoms with Crippen LogP contribution in [0.3, 0.4) is 0 Å². The van der Waals surface area contributed by atoms with Gasteiger partial charge in [-0.2, -0.15) is 0 Å². The highest BCUT2D eigenvalue weighted by Crippen LogP contribution is 2.24. The summed E-state index contributed by atoms with van der Waals surface area (Å²) in [6, 6.07) is 16.6. The molecule has 130 valence electrons. The Morgan fingerprint density at radius 1 is 1.08 bits per heavy atom. The monoisotopic (exact) mass is 426 g/mol. The van der Waals surface area contributed by atoms with E-state index in [9.17, 15) is 9.59 Å². The van der Waals surface area contributed by atoms with E-state index < -0.39 is 0 Å².